The molecule has 7 nitrogen and oxygen atoms in total. The van der Waals surface area contributed by atoms with Gasteiger partial charge in [0.25, 0.3) is 5.91 Å². The molecule has 7 heteroatoms. The summed E-state index contributed by atoms with van der Waals surface area (Å²) in [5, 5.41) is 0. The van der Waals surface area contributed by atoms with Gasteiger partial charge in [-0.25, -0.2) is 4.79 Å². The zero-order valence-electron chi connectivity index (χ0n) is 16.4. The number of para-hydroxylation sites is 1. The molecular weight excluding hydrogens is 344 g/mol. The van der Waals surface area contributed by atoms with Gasteiger partial charge in [0.15, 0.2) is 0 Å². The molecule has 2 fully saturated rings. The van der Waals surface area contributed by atoms with Crippen molar-refractivity contribution >= 4 is 17.6 Å². The highest BCUT2D eigenvalue weighted by molar-refractivity contribution is 5.95. The number of nitrogens with zero attached hydrogens (tertiary/aromatic N) is 4. The number of likely N-dealkylation sites (N-methyl/N-ethyl adjacent to an activating group) is 1. The number of ether oxygens (including phenoxy) is 1. The first kappa shape index (κ1) is 18.3. The van der Waals surface area contributed by atoms with Crippen LogP contribution in [0, 0.1) is 0 Å². The Morgan fingerprint density at radius 3 is 2.56 bits per heavy atom. The second-order valence-electron chi connectivity index (χ2n) is 8.19. The zero-order chi connectivity index (χ0) is 19.2. The fraction of sp³-hybridized carbons (Fsp3) is 0.600. The van der Waals surface area contributed by atoms with Crippen molar-refractivity contribution in [2.75, 3.05) is 65.4 Å². The molecule has 2 atom stereocenters. The molecule has 1 spiro atoms. The first-order chi connectivity index (χ1) is 12.9. The second-order valence-corrected chi connectivity index (χ2v) is 8.19. The largest absolute Gasteiger partial charge is 0.367 e. The van der Waals surface area contributed by atoms with Gasteiger partial charge in [0.05, 0.1) is 6.61 Å². The number of fused-ring (bicyclic) bond motifs is 2. The van der Waals surface area contributed by atoms with Gasteiger partial charge in [-0.05, 0) is 25.1 Å². The maximum atomic E-state index is 13.0. The predicted molar refractivity (Wildman–Crippen MR) is 103 cm³/mol. The Balaban J connectivity index is 1.54. The average Bonchev–Trinajstić information content (AvgIpc) is 3.24. The van der Waals surface area contributed by atoms with Crippen molar-refractivity contribution in [3.05, 3.63) is 29.8 Å². The normalized spacial score (nSPS) is 27.9. The lowest BCUT2D eigenvalue weighted by Crippen LogP contribution is -2.50. The van der Waals surface area contributed by atoms with Gasteiger partial charge in [-0.15, -0.1) is 0 Å². The number of anilines is 1. The predicted octanol–water partition coefficient (Wildman–Crippen LogP) is 0.989. The van der Waals surface area contributed by atoms with Crippen LogP contribution in [0.2, 0.25) is 0 Å². The van der Waals surface area contributed by atoms with Gasteiger partial charge in [0.1, 0.15) is 6.10 Å². The average molecular weight is 372 g/mol. The smallest absolute Gasteiger partial charge is 0.323 e. The van der Waals surface area contributed by atoms with E-state index in [4.69, 9.17) is 4.74 Å². The van der Waals surface area contributed by atoms with Gasteiger partial charge in [0.2, 0.25) is 0 Å². The van der Waals surface area contributed by atoms with Crippen LogP contribution in [-0.4, -0.2) is 93.2 Å². The van der Waals surface area contributed by atoms with Crippen LogP contribution in [0.1, 0.15) is 12.0 Å². The van der Waals surface area contributed by atoms with E-state index in [0.717, 1.165) is 37.4 Å². The number of carbonyl (C=O) groups excluding carboxylic acids is 2. The Morgan fingerprint density at radius 2 is 1.85 bits per heavy atom. The van der Waals surface area contributed by atoms with E-state index in [1.165, 1.54) is 0 Å². The summed E-state index contributed by atoms with van der Waals surface area (Å²) in [5.41, 5.74) is 1.76. The van der Waals surface area contributed by atoms with E-state index in [1.54, 1.807) is 19.0 Å². The third kappa shape index (κ3) is 3.08. The summed E-state index contributed by atoms with van der Waals surface area (Å²) in [6.07, 6.45) is 0.211. The molecule has 0 bridgehead atoms. The van der Waals surface area contributed by atoms with E-state index in [1.807, 2.05) is 28.0 Å². The Kier molecular flexibility index (Phi) is 4.60. The van der Waals surface area contributed by atoms with Gasteiger partial charge in [-0.2, -0.15) is 0 Å². The minimum Gasteiger partial charge on any atom is -0.367 e. The summed E-state index contributed by atoms with van der Waals surface area (Å²) in [6, 6.07) is 7.98. The third-order valence-electron chi connectivity index (χ3n) is 6.07. The van der Waals surface area contributed by atoms with Gasteiger partial charge in [0, 0.05) is 57.9 Å². The lowest BCUT2D eigenvalue weighted by atomic mass is 9.80. The molecule has 4 rings (SSSR count). The van der Waals surface area contributed by atoms with Crippen LogP contribution in [0.25, 0.3) is 0 Å². The standard InChI is InChI=1S/C20H28N4O3/c1-21(2)19(26)24-13-20(15-6-4-5-7-16(15)24)12-17(27-14-20)18(25)23-10-8-22(3)9-11-23/h4-7,17H,8-14H2,1-3H3/t17-,20-/m1/s1. The van der Waals surface area contributed by atoms with E-state index >= 15 is 0 Å². The summed E-state index contributed by atoms with van der Waals surface area (Å²) in [7, 11) is 5.61. The Morgan fingerprint density at radius 1 is 1.15 bits per heavy atom. The highest BCUT2D eigenvalue weighted by Gasteiger charge is 2.52. The highest BCUT2D eigenvalue weighted by atomic mass is 16.5. The van der Waals surface area contributed by atoms with Crippen molar-refractivity contribution in [2.45, 2.75) is 17.9 Å². The maximum Gasteiger partial charge on any atom is 0.323 e. The van der Waals surface area contributed by atoms with Crippen molar-refractivity contribution in [3.63, 3.8) is 0 Å². The monoisotopic (exact) mass is 372 g/mol. The van der Waals surface area contributed by atoms with E-state index in [-0.39, 0.29) is 17.4 Å². The third-order valence-corrected chi connectivity index (χ3v) is 6.07. The summed E-state index contributed by atoms with van der Waals surface area (Å²) < 4.78 is 6.02. The van der Waals surface area contributed by atoms with E-state index in [9.17, 15) is 9.59 Å². The SMILES string of the molecule is CN1CCN(C(=O)[C@H]2C[C@]3(CO2)CN(C(=O)N(C)C)c2ccccc23)CC1. The van der Waals surface area contributed by atoms with Crippen LogP contribution in [0.3, 0.4) is 0 Å². The molecule has 0 aromatic heterocycles. The Hall–Kier alpha value is -2.12. The molecule has 0 aliphatic carbocycles. The highest BCUT2D eigenvalue weighted by Crippen LogP contribution is 2.47. The molecule has 3 amide bonds. The molecular formula is C20H28N4O3. The maximum absolute atomic E-state index is 13.0. The van der Waals surface area contributed by atoms with E-state index < -0.39 is 6.10 Å². The van der Waals surface area contributed by atoms with Crippen LogP contribution < -0.4 is 4.90 Å². The van der Waals surface area contributed by atoms with Crippen LogP contribution in [0.4, 0.5) is 10.5 Å². The number of benzene rings is 1. The molecule has 27 heavy (non-hydrogen) atoms. The molecule has 3 heterocycles. The van der Waals surface area contributed by atoms with Crippen molar-refractivity contribution in [3.8, 4) is 0 Å². The van der Waals surface area contributed by atoms with E-state index in [2.05, 4.69) is 18.0 Å². The summed E-state index contributed by atoms with van der Waals surface area (Å²) in [4.78, 5) is 33.2. The number of hydrogen-bond acceptors (Lipinski definition) is 4. The van der Waals surface area contributed by atoms with Gasteiger partial charge in [-0.3, -0.25) is 9.69 Å². The number of carbonyl (C=O) groups is 2. The van der Waals surface area contributed by atoms with Crippen LogP contribution in [-0.2, 0) is 14.9 Å². The van der Waals surface area contributed by atoms with E-state index in [0.29, 0.717) is 19.6 Å². The van der Waals surface area contributed by atoms with Crippen LogP contribution in [0.5, 0.6) is 0 Å². The molecule has 0 N–H and O–H groups in total. The van der Waals surface area contributed by atoms with Gasteiger partial charge >= 0.3 is 6.03 Å². The fourth-order valence-electron chi connectivity index (χ4n) is 4.46. The molecule has 146 valence electrons. The first-order valence-electron chi connectivity index (χ1n) is 9.58. The number of hydrogen-bond donors (Lipinski definition) is 0. The van der Waals surface area contributed by atoms with Gasteiger partial charge < -0.3 is 19.4 Å². The molecule has 1 aromatic rings. The summed E-state index contributed by atoms with van der Waals surface area (Å²) in [6.45, 7) is 4.35. The lowest BCUT2D eigenvalue weighted by molar-refractivity contribution is -0.142. The summed E-state index contributed by atoms with van der Waals surface area (Å²) >= 11 is 0. The van der Waals surface area contributed by atoms with Crippen molar-refractivity contribution in [2.24, 2.45) is 0 Å². The van der Waals surface area contributed by atoms with Gasteiger partial charge in [-0.1, -0.05) is 18.2 Å². The summed E-state index contributed by atoms with van der Waals surface area (Å²) in [5.74, 6) is 0.0924. The molecule has 3 aliphatic heterocycles. The topological polar surface area (TPSA) is 56.3 Å². The quantitative estimate of drug-likeness (QED) is 0.738. The minimum atomic E-state index is -0.420. The Bertz CT molecular complexity index is 744. The number of rotatable bonds is 1. The van der Waals surface area contributed by atoms with Crippen LogP contribution >= 0.6 is 0 Å². The minimum absolute atomic E-state index is 0.0341. The molecule has 3 aliphatic rings. The number of piperazine rings is 1. The van der Waals surface area contributed by atoms with Crippen molar-refractivity contribution in [1.82, 2.24) is 14.7 Å². The first-order valence-corrected chi connectivity index (χ1v) is 9.58. The fourth-order valence-corrected chi connectivity index (χ4v) is 4.46. The molecule has 0 unspecified atom stereocenters. The molecule has 0 radical (unpaired) electrons. The van der Waals surface area contributed by atoms with Crippen molar-refractivity contribution in [1.29, 1.82) is 0 Å². The number of urea groups is 1. The van der Waals surface area contributed by atoms with Crippen LogP contribution in [0.15, 0.2) is 24.3 Å². The molecule has 0 saturated carbocycles. The zero-order valence-corrected chi connectivity index (χ0v) is 16.4. The molecule has 1 aromatic carbocycles. The Labute approximate surface area is 160 Å². The van der Waals surface area contributed by atoms with Crippen molar-refractivity contribution < 1.29 is 14.3 Å². The lowest BCUT2D eigenvalue weighted by Gasteiger charge is -2.33. The molecule has 2 saturated heterocycles. The second kappa shape index (κ2) is 6.80. The number of amides is 3.